The number of ether oxygens (including phenoxy) is 1. The minimum absolute atomic E-state index is 0.435. The van der Waals surface area contributed by atoms with E-state index in [1.165, 1.54) is 5.56 Å². The Hall–Kier alpha value is -1.89. The average Bonchev–Trinajstić information content (AvgIpc) is 2.68. The van der Waals surface area contributed by atoms with Gasteiger partial charge < -0.3 is 9.64 Å². The molecule has 2 aromatic rings. The number of aryl methyl sites for hydroxylation is 2. The molecule has 0 spiro atoms. The third-order valence-electron chi connectivity index (χ3n) is 5.18. The Balaban J connectivity index is 1.61. The van der Waals surface area contributed by atoms with Gasteiger partial charge in [-0.25, -0.2) is 8.42 Å². The number of sulfonamides is 1. The molecule has 146 valence electrons. The van der Waals surface area contributed by atoms with E-state index in [2.05, 4.69) is 11.0 Å². The van der Waals surface area contributed by atoms with Gasteiger partial charge in [0, 0.05) is 32.7 Å². The van der Waals surface area contributed by atoms with Gasteiger partial charge in [-0.2, -0.15) is 4.31 Å². The van der Waals surface area contributed by atoms with E-state index < -0.39 is 10.0 Å². The van der Waals surface area contributed by atoms with E-state index in [4.69, 9.17) is 4.74 Å². The summed E-state index contributed by atoms with van der Waals surface area (Å²) in [5.74, 6) is 0.911. The van der Waals surface area contributed by atoms with Gasteiger partial charge in [0.2, 0.25) is 10.0 Å². The van der Waals surface area contributed by atoms with Crippen LogP contribution >= 0.6 is 0 Å². The largest absolute Gasteiger partial charge is 0.496 e. The normalized spacial score (nSPS) is 16.4. The Labute approximate surface area is 162 Å². The molecule has 5 nitrogen and oxygen atoms in total. The summed E-state index contributed by atoms with van der Waals surface area (Å²) in [4.78, 5) is 2.76. The van der Waals surface area contributed by atoms with Crippen LogP contribution in [0, 0.1) is 13.8 Å². The fourth-order valence-electron chi connectivity index (χ4n) is 3.51. The highest BCUT2D eigenvalue weighted by Crippen LogP contribution is 2.23. The van der Waals surface area contributed by atoms with Crippen molar-refractivity contribution in [2.75, 3.05) is 39.8 Å². The van der Waals surface area contributed by atoms with Gasteiger partial charge in [0.05, 0.1) is 12.0 Å². The number of benzene rings is 2. The first-order chi connectivity index (χ1) is 12.9. The van der Waals surface area contributed by atoms with Gasteiger partial charge in [-0.1, -0.05) is 30.3 Å². The Kier molecular flexibility index (Phi) is 6.19. The van der Waals surface area contributed by atoms with Crippen LogP contribution in [0.3, 0.4) is 0 Å². The molecule has 0 bridgehead atoms. The summed E-state index contributed by atoms with van der Waals surface area (Å²) in [7, 11) is -1.74. The van der Waals surface area contributed by atoms with Gasteiger partial charge in [0.25, 0.3) is 0 Å². The van der Waals surface area contributed by atoms with Crippen molar-refractivity contribution >= 4 is 10.0 Å². The second-order valence-corrected chi connectivity index (χ2v) is 8.98. The second kappa shape index (κ2) is 8.42. The minimum Gasteiger partial charge on any atom is -0.496 e. The lowest BCUT2D eigenvalue weighted by Crippen LogP contribution is -2.49. The monoisotopic (exact) mass is 388 g/mol. The van der Waals surface area contributed by atoms with Crippen LogP contribution in [0.5, 0.6) is 5.75 Å². The third-order valence-corrected chi connectivity index (χ3v) is 7.22. The highest BCUT2D eigenvalue weighted by atomic mass is 32.2. The van der Waals surface area contributed by atoms with Crippen molar-refractivity contribution < 1.29 is 13.2 Å². The summed E-state index contributed by atoms with van der Waals surface area (Å²) in [6.45, 7) is 7.24. The molecule has 3 rings (SSSR count). The number of nitrogens with zero attached hydrogens (tertiary/aromatic N) is 2. The predicted octanol–water partition coefficient (Wildman–Crippen LogP) is 2.86. The summed E-state index contributed by atoms with van der Waals surface area (Å²) in [5.41, 5.74) is 2.96. The lowest BCUT2D eigenvalue weighted by molar-refractivity contribution is 0.189. The van der Waals surface area contributed by atoms with Crippen LogP contribution in [0.15, 0.2) is 47.4 Å². The summed E-state index contributed by atoms with van der Waals surface area (Å²) < 4.78 is 33.1. The molecule has 6 heteroatoms. The van der Waals surface area contributed by atoms with Gasteiger partial charge in [-0.3, -0.25) is 0 Å². The number of hydrogen-bond donors (Lipinski definition) is 0. The first-order valence-electron chi connectivity index (χ1n) is 9.33. The van der Waals surface area contributed by atoms with Gasteiger partial charge in [0.15, 0.2) is 0 Å². The van der Waals surface area contributed by atoms with E-state index in [9.17, 15) is 8.42 Å². The molecule has 0 atom stereocenters. The van der Waals surface area contributed by atoms with Gasteiger partial charge in [-0.05, 0) is 49.1 Å². The highest BCUT2D eigenvalue weighted by molar-refractivity contribution is 7.89. The molecule has 0 aliphatic carbocycles. The lowest BCUT2D eigenvalue weighted by atomic mass is 10.1. The van der Waals surface area contributed by atoms with Crippen molar-refractivity contribution in [1.29, 1.82) is 0 Å². The van der Waals surface area contributed by atoms with Crippen LogP contribution in [0.2, 0.25) is 0 Å². The minimum atomic E-state index is -3.43. The zero-order valence-corrected chi connectivity index (χ0v) is 17.1. The smallest absolute Gasteiger partial charge is 0.243 e. The number of rotatable bonds is 6. The summed E-state index contributed by atoms with van der Waals surface area (Å²) in [5, 5.41) is 0. The van der Waals surface area contributed by atoms with Crippen molar-refractivity contribution in [3.63, 3.8) is 0 Å². The molecule has 1 aliphatic heterocycles. The summed E-state index contributed by atoms with van der Waals surface area (Å²) in [6, 6.07) is 13.7. The van der Waals surface area contributed by atoms with Crippen molar-refractivity contribution in [2.24, 2.45) is 0 Å². The quantitative estimate of drug-likeness (QED) is 0.764. The molecule has 0 unspecified atom stereocenters. The van der Waals surface area contributed by atoms with Crippen LogP contribution in [0.25, 0.3) is 0 Å². The van der Waals surface area contributed by atoms with Crippen molar-refractivity contribution in [3.05, 3.63) is 59.2 Å². The van der Waals surface area contributed by atoms with Crippen molar-refractivity contribution in [1.82, 2.24) is 9.21 Å². The average molecular weight is 389 g/mol. The van der Waals surface area contributed by atoms with E-state index in [1.807, 2.05) is 44.2 Å². The molecule has 1 fully saturated rings. The molecule has 1 aliphatic rings. The first kappa shape index (κ1) is 19.9. The molecular weight excluding hydrogens is 360 g/mol. The van der Waals surface area contributed by atoms with Crippen LogP contribution < -0.4 is 4.74 Å². The number of methoxy groups -OCH3 is 1. The van der Waals surface area contributed by atoms with E-state index in [0.29, 0.717) is 18.0 Å². The second-order valence-electron chi connectivity index (χ2n) is 7.08. The first-order valence-corrected chi connectivity index (χ1v) is 10.8. The van der Waals surface area contributed by atoms with E-state index in [1.54, 1.807) is 17.5 Å². The topological polar surface area (TPSA) is 49.9 Å². The fraction of sp³-hybridized carbons (Fsp3) is 0.429. The Morgan fingerprint density at radius 3 is 2.41 bits per heavy atom. The van der Waals surface area contributed by atoms with Gasteiger partial charge in [0.1, 0.15) is 5.75 Å². The summed E-state index contributed by atoms with van der Waals surface area (Å²) >= 11 is 0. The standard InChI is InChI=1S/C21H28N2O3S/c1-17-8-9-18(2)21(16-17)27(24,25)23-14-12-22(13-15-23)11-10-19-6-4-5-7-20(19)26-3/h4-9,16H,10-15H2,1-3H3. The molecular formula is C21H28N2O3S. The molecule has 0 radical (unpaired) electrons. The SMILES string of the molecule is COc1ccccc1CCN1CCN(S(=O)(=O)c2cc(C)ccc2C)CC1. The van der Waals surface area contributed by atoms with E-state index >= 15 is 0 Å². The molecule has 1 saturated heterocycles. The van der Waals surface area contributed by atoms with Crippen LogP contribution in [0.1, 0.15) is 16.7 Å². The van der Waals surface area contributed by atoms with Crippen molar-refractivity contribution in [2.45, 2.75) is 25.2 Å². The number of piperazine rings is 1. The maximum atomic E-state index is 13.0. The zero-order valence-electron chi connectivity index (χ0n) is 16.3. The van der Waals surface area contributed by atoms with E-state index in [0.717, 1.165) is 42.9 Å². The Morgan fingerprint density at radius 2 is 1.70 bits per heavy atom. The maximum Gasteiger partial charge on any atom is 0.243 e. The van der Waals surface area contributed by atoms with E-state index in [-0.39, 0.29) is 0 Å². The molecule has 0 N–H and O–H groups in total. The molecule has 0 aromatic heterocycles. The maximum absolute atomic E-state index is 13.0. The van der Waals surface area contributed by atoms with Crippen LogP contribution in [-0.4, -0.2) is 57.5 Å². The Bertz CT molecular complexity index is 888. The molecule has 27 heavy (non-hydrogen) atoms. The van der Waals surface area contributed by atoms with Crippen molar-refractivity contribution in [3.8, 4) is 5.75 Å². The van der Waals surface area contributed by atoms with Gasteiger partial charge >= 0.3 is 0 Å². The van der Waals surface area contributed by atoms with Crippen LogP contribution in [-0.2, 0) is 16.4 Å². The summed E-state index contributed by atoms with van der Waals surface area (Å²) in [6.07, 6.45) is 0.897. The highest BCUT2D eigenvalue weighted by Gasteiger charge is 2.29. The lowest BCUT2D eigenvalue weighted by Gasteiger charge is -2.34. The Morgan fingerprint density at radius 1 is 1.00 bits per heavy atom. The number of hydrogen-bond acceptors (Lipinski definition) is 4. The number of para-hydroxylation sites is 1. The molecule has 0 amide bonds. The zero-order chi connectivity index (χ0) is 19.4. The molecule has 0 saturated carbocycles. The molecule has 2 aromatic carbocycles. The van der Waals surface area contributed by atoms with Gasteiger partial charge in [-0.15, -0.1) is 0 Å². The third kappa shape index (κ3) is 4.51. The molecule has 1 heterocycles. The predicted molar refractivity (Wildman–Crippen MR) is 108 cm³/mol. The fourth-order valence-corrected chi connectivity index (χ4v) is 5.24. The van der Waals surface area contributed by atoms with Crippen LogP contribution in [0.4, 0.5) is 0 Å².